The lowest BCUT2D eigenvalue weighted by Crippen LogP contribution is -2.25. The minimum atomic E-state index is -0.416. The van der Waals surface area contributed by atoms with Crippen molar-refractivity contribution in [1.82, 2.24) is 0 Å². The summed E-state index contributed by atoms with van der Waals surface area (Å²) in [5, 5.41) is 14.4. The molecular formula is C21H23N3O5. The molecule has 1 amide bonds. The van der Waals surface area contributed by atoms with Gasteiger partial charge in [0.2, 0.25) is 0 Å². The van der Waals surface area contributed by atoms with Gasteiger partial charge in [-0.25, -0.2) is 0 Å². The molecule has 1 fully saturated rings. The molecule has 0 atom stereocenters. The number of nitrogens with one attached hydrogen (secondary N) is 1. The first-order valence-corrected chi connectivity index (χ1v) is 9.86. The molecule has 8 heteroatoms. The van der Waals surface area contributed by atoms with Crippen LogP contribution < -0.4 is 19.7 Å². The van der Waals surface area contributed by atoms with E-state index in [4.69, 9.17) is 9.47 Å². The highest BCUT2D eigenvalue weighted by molar-refractivity contribution is 6.05. The predicted octanol–water partition coefficient (Wildman–Crippen LogP) is 4.00. The summed E-state index contributed by atoms with van der Waals surface area (Å²) in [4.78, 5) is 26.0. The van der Waals surface area contributed by atoms with Crippen LogP contribution in [0.1, 0.15) is 36.0 Å². The number of anilines is 2. The molecule has 0 radical (unpaired) electrons. The predicted molar refractivity (Wildman–Crippen MR) is 109 cm³/mol. The number of nitrogens with zero attached hydrogens (tertiary/aromatic N) is 2. The molecule has 1 saturated heterocycles. The lowest BCUT2D eigenvalue weighted by atomic mass is 10.1. The molecule has 152 valence electrons. The van der Waals surface area contributed by atoms with Gasteiger partial charge >= 0.3 is 0 Å². The molecule has 0 bridgehead atoms. The van der Waals surface area contributed by atoms with E-state index in [-0.39, 0.29) is 11.3 Å². The van der Waals surface area contributed by atoms with Gasteiger partial charge in [0.25, 0.3) is 11.6 Å². The van der Waals surface area contributed by atoms with E-state index in [9.17, 15) is 14.9 Å². The fourth-order valence-corrected chi connectivity index (χ4v) is 3.71. The SMILES string of the molecule is O=C(Nc1ccc2c(c1)OCCO2)c1ccc(N2CCCCCC2)c([N+](=O)[O-])c1. The standard InChI is InChI=1S/C21H23N3O5/c25-21(22-16-6-8-19-20(14-16)29-12-11-28-19)15-5-7-17(18(13-15)24(26)27)23-9-3-1-2-4-10-23/h5-8,13-14H,1-4,9-12H2,(H,22,25). The van der Waals surface area contributed by atoms with Crippen LogP contribution >= 0.6 is 0 Å². The summed E-state index contributed by atoms with van der Waals surface area (Å²) in [7, 11) is 0. The molecule has 29 heavy (non-hydrogen) atoms. The van der Waals surface area contributed by atoms with Crippen LogP contribution in [0.5, 0.6) is 11.5 Å². The second kappa shape index (κ2) is 8.38. The number of amides is 1. The summed E-state index contributed by atoms with van der Waals surface area (Å²) < 4.78 is 11.0. The summed E-state index contributed by atoms with van der Waals surface area (Å²) in [5.41, 5.74) is 1.32. The number of carbonyl (C=O) groups is 1. The Morgan fingerprint density at radius 1 is 0.966 bits per heavy atom. The Bertz CT molecular complexity index is 923. The number of hydrogen-bond donors (Lipinski definition) is 1. The Morgan fingerprint density at radius 3 is 2.41 bits per heavy atom. The van der Waals surface area contributed by atoms with E-state index in [1.165, 1.54) is 6.07 Å². The average Bonchev–Trinajstić information content (AvgIpc) is 3.02. The third-order valence-electron chi connectivity index (χ3n) is 5.18. The number of nitro groups is 1. The highest BCUT2D eigenvalue weighted by Crippen LogP contribution is 2.34. The van der Waals surface area contributed by atoms with Gasteiger partial charge < -0.3 is 19.7 Å². The lowest BCUT2D eigenvalue weighted by Gasteiger charge is -2.22. The van der Waals surface area contributed by atoms with Crippen molar-refractivity contribution in [2.45, 2.75) is 25.7 Å². The smallest absolute Gasteiger partial charge is 0.293 e. The highest BCUT2D eigenvalue weighted by atomic mass is 16.6. The topological polar surface area (TPSA) is 93.9 Å². The van der Waals surface area contributed by atoms with Gasteiger partial charge in [-0.15, -0.1) is 0 Å². The second-order valence-corrected chi connectivity index (χ2v) is 7.17. The van der Waals surface area contributed by atoms with E-state index in [1.807, 2.05) is 4.90 Å². The molecule has 0 saturated carbocycles. The zero-order chi connectivity index (χ0) is 20.2. The third-order valence-corrected chi connectivity index (χ3v) is 5.18. The zero-order valence-electron chi connectivity index (χ0n) is 16.1. The molecule has 8 nitrogen and oxygen atoms in total. The summed E-state index contributed by atoms with van der Waals surface area (Å²) in [6, 6.07) is 9.81. The van der Waals surface area contributed by atoms with Crippen LogP contribution in [-0.4, -0.2) is 37.1 Å². The summed E-state index contributed by atoms with van der Waals surface area (Å²) in [6.45, 7) is 2.54. The monoisotopic (exact) mass is 397 g/mol. The van der Waals surface area contributed by atoms with Crippen LogP contribution in [0.25, 0.3) is 0 Å². The Morgan fingerprint density at radius 2 is 1.69 bits per heavy atom. The van der Waals surface area contributed by atoms with Crippen molar-refractivity contribution in [3.8, 4) is 11.5 Å². The molecule has 2 aliphatic rings. The molecule has 1 N–H and O–H groups in total. The highest BCUT2D eigenvalue weighted by Gasteiger charge is 2.23. The van der Waals surface area contributed by atoms with Crippen LogP contribution in [0.4, 0.5) is 17.1 Å². The van der Waals surface area contributed by atoms with E-state index in [2.05, 4.69) is 5.32 Å². The van der Waals surface area contributed by atoms with Crippen molar-refractivity contribution in [3.05, 3.63) is 52.1 Å². The number of nitro benzene ring substituents is 1. The van der Waals surface area contributed by atoms with Gasteiger partial charge in [-0.3, -0.25) is 14.9 Å². The summed E-state index contributed by atoms with van der Waals surface area (Å²) >= 11 is 0. The first-order valence-electron chi connectivity index (χ1n) is 9.86. The molecule has 2 heterocycles. The summed E-state index contributed by atoms with van der Waals surface area (Å²) in [6.07, 6.45) is 4.31. The third kappa shape index (κ3) is 4.26. The van der Waals surface area contributed by atoms with Crippen molar-refractivity contribution in [1.29, 1.82) is 0 Å². The fourth-order valence-electron chi connectivity index (χ4n) is 3.71. The summed E-state index contributed by atoms with van der Waals surface area (Å²) in [5.74, 6) is 0.787. The molecule has 0 aliphatic carbocycles. The number of fused-ring (bicyclic) bond motifs is 1. The minimum absolute atomic E-state index is 0.0401. The Hall–Kier alpha value is -3.29. The molecule has 2 aromatic carbocycles. The largest absolute Gasteiger partial charge is 0.486 e. The van der Waals surface area contributed by atoms with E-state index in [0.717, 1.165) is 38.8 Å². The van der Waals surface area contributed by atoms with Crippen molar-refractivity contribution < 1.29 is 19.2 Å². The van der Waals surface area contributed by atoms with Crippen molar-refractivity contribution >= 4 is 23.0 Å². The molecule has 0 unspecified atom stereocenters. The van der Waals surface area contributed by atoms with Crippen LogP contribution in [0.3, 0.4) is 0 Å². The van der Waals surface area contributed by atoms with Crippen molar-refractivity contribution in [2.75, 3.05) is 36.5 Å². The quantitative estimate of drug-likeness (QED) is 0.619. The van der Waals surface area contributed by atoms with Gasteiger partial charge in [-0.1, -0.05) is 12.8 Å². The van der Waals surface area contributed by atoms with E-state index in [0.29, 0.717) is 36.1 Å². The maximum Gasteiger partial charge on any atom is 0.293 e. The van der Waals surface area contributed by atoms with Crippen LogP contribution in [0, 0.1) is 10.1 Å². The maximum atomic E-state index is 12.7. The van der Waals surface area contributed by atoms with E-state index >= 15 is 0 Å². The Labute approximate surface area is 168 Å². The first-order chi connectivity index (χ1) is 14.1. The zero-order valence-corrected chi connectivity index (χ0v) is 16.1. The van der Waals surface area contributed by atoms with Gasteiger partial charge in [0.1, 0.15) is 18.9 Å². The molecule has 0 spiro atoms. The first kappa shape index (κ1) is 19.0. The van der Waals surface area contributed by atoms with Crippen LogP contribution in [0.15, 0.2) is 36.4 Å². The number of rotatable bonds is 4. The van der Waals surface area contributed by atoms with E-state index < -0.39 is 10.8 Å². The normalized spacial score (nSPS) is 16.1. The molecular weight excluding hydrogens is 374 g/mol. The van der Waals surface area contributed by atoms with Crippen molar-refractivity contribution in [3.63, 3.8) is 0 Å². The van der Waals surface area contributed by atoms with Crippen LogP contribution in [-0.2, 0) is 0 Å². The van der Waals surface area contributed by atoms with Gasteiger partial charge in [-0.2, -0.15) is 0 Å². The Kier molecular flexibility index (Phi) is 5.50. The van der Waals surface area contributed by atoms with Gasteiger partial charge in [0, 0.05) is 36.5 Å². The van der Waals surface area contributed by atoms with Crippen molar-refractivity contribution in [2.24, 2.45) is 0 Å². The number of carbonyl (C=O) groups excluding carboxylic acids is 1. The molecule has 4 rings (SSSR count). The minimum Gasteiger partial charge on any atom is -0.486 e. The number of ether oxygens (including phenoxy) is 2. The molecule has 0 aromatic heterocycles. The molecule has 2 aliphatic heterocycles. The maximum absolute atomic E-state index is 12.7. The number of hydrogen-bond acceptors (Lipinski definition) is 6. The average molecular weight is 397 g/mol. The Balaban J connectivity index is 1.55. The van der Waals surface area contributed by atoms with Gasteiger partial charge in [0.15, 0.2) is 11.5 Å². The molecule has 2 aromatic rings. The van der Waals surface area contributed by atoms with Gasteiger partial charge in [-0.05, 0) is 37.1 Å². The lowest BCUT2D eigenvalue weighted by molar-refractivity contribution is -0.384. The van der Waals surface area contributed by atoms with Crippen LogP contribution in [0.2, 0.25) is 0 Å². The fraction of sp³-hybridized carbons (Fsp3) is 0.381. The van der Waals surface area contributed by atoms with Gasteiger partial charge in [0.05, 0.1) is 4.92 Å². The van der Waals surface area contributed by atoms with E-state index in [1.54, 1.807) is 30.3 Å². The second-order valence-electron chi connectivity index (χ2n) is 7.17. The number of benzene rings is 2.